The molecule has 118 valence electrons. The third-order valence-electron chi connectivity index (χ3n) is 3.80. The molecule has 0 spiro atoms. The molecule has 5 nitrogen and oxygen atoms in total. The molecule has 0 radical (unpaired) electrons. The number of rotatable bonds is 4. The summed E-state index contributed by atoms with van der Waals surface area (Å²) in [7, 11) is 1.66. The van der Waals surface area contributed by atoms with Crippen molar-refractivity contribution >= 4 is 33.1 Å². The smallest absolute Gasteiger partial charge is 0.205 e. The zero-order chi connectivity index (χ0) is 16.4. The minimum absolute atomic E-state index is 0.565. The first-order valence-electron chi connectivity index (χ1n) is 7.41. The molecular formula is C18H14N4OS. The molecular weight excluding hydrogens is 320 g/mol. The fourth-order valence-corrected chi connectivity index (χ4v) is 3.51. The number of thiophene rings is 1. The summed E-state index contributed by atoms with van der Waals surface area (Å²) in [6.07, 6.45) is 2.10. The summed E-state index contributed by atoms with van der Waals surface area (Å²) in [4.78, 5) is 0. The number of hydrogen-bond donors (Lipinski definition) is 1. The highest BCUT2D eigenvalue weighted by Crippen LogP contribution is 2.31. The van der Waals surface area contributed by atoms with Crippen LogP contribution in [0, 0.1) is 0 Å². The van der Waals surface area contributed by atoms with Gasteiger partial charge in [0.1, 0.15) is 5.75 Å². The molecule has 4 rings (SSSR count). The van der Waals surface area contributed by atoms with E-state index in [0.717, 1.165) is 22.4 Å². The van der Waals surface area contributed by atoms with Crippen molar-refractivity contribution in [1.29, 1.82) is 0 Å². The van der Waals surface area contributed by atoms with Gasteiger partial charge in [0.15, 0.2) is 0 Å². The number of nitrogens with zero attached hydrogens (tertiary/aromatic N) is 3. The Morgan fingerprint density at radius 3 is 2.71 bits per heavy atom. The fraction of sp³-hybridized carbons (Fsp3) is 0.0556. The van der Waals surface area contributed by atoms with Crippen LogP contribution in [0.2, 0.25) is 0 Å². The lowest BCUT2D eigenvalue weighted by Crippen LogP contribution is -1.92. The maximum atomic E-state index is 5.24. The molecule has 2 aromatic heterocycles. The van der Waals surface area contributed by atoms with Crippen molar-refractivity contribution in [3.63, 3.8) is 0 Å². The predicted octanol–water partition coefficient (Wildman–Crippen LogP) is 4.01. The van der Waals surface area contributed by atoms with E-state index in [4.69, 9.17) is 4.74 Å². The van der Waals surface area contributed by atoms with E-state index >= 15 is 0 Å². The molecule has 6 heteroatoms. The number of fused-ring (bicyclic) bond motifs is 1. The van der Waals surface area contributed by atoms with Crippen molar-refractivity contribution < 1.29 is 4.74 Å². The molecule has 2 heterocycles. The number of nitrogens with one attached hydrogen (secondary N) is 1. The van der Waals surface area contributed by atoms with E-state index in [1.807, 2.05) is 30.3 Å². The fourth-order valence-electron chi connectivity index (χ4n) is 2.59. The van der Waals surface area contributed by atoms with Crippen LogP contribution in [0.5, 0.6) is 5.75 Å². The van der Waals surface area contributed by atoms with Crippen LogP contribution >= 0.6 is 11.3 Å². The van der Waals surface area contributed by atoms with Crippen LogP contribution in [0.3, 0.4) is 0 Å². The van der Waals surface area contributed by atoms with E-state index < -0.39 is 0 Å². The number of ether oxygens (including phenoxy) is 1. The highest BCUT2D eigenvalue weighted by atomic mass is 32.1. The molecule has 0 aliphatic rings. The number of hydrogen-bond acceptors (Lipinski definition) is 5. The number of methoxy groups -OCH3 is 1. The zero-order valence-electron chi connectivity index (χ0n) is 12.9. The summed E-state index contributed by atoms with van der Waals surface area (Å²) in [5, 5.41) is 17.9. The molecule has 0 unspecified atom stereocenters. The van der Waals surface area contributed by atoms with E-state index in [2.05, 4.69) is 50.3 Å². The van der Waals surface area contributed by atoms with Crippen LogP contribution in [-0.2, 0) is 0 Å². The molecule has 0 saturated heterocycles. The number of tetrazole rings is 1. The van der Waals surface area contributed by atoms with Crippen LogP contribution < -0.4 is 4.74 Å². The van der Waals surface area contributed by atoms with Gasteiger partial charge < -0.3 is 4.74 Å². The Bertz CT molecular complexity index is 987. The Morgan fingerprint density at radius 1 is 1.12 bits per heavy atom. The second kappa shape index (κ2) is 6.25. The normalized spacial score (nSPS) is 11.8. The molecule has 0 saturated carbocycles. The lowest BCUT2D eigenvalue weighted by atomic mass is 10.0. The summed E-state index contributed by atoms with van der Waals surface area (Å²) < 4.78 is 6.49. The van der Waals surface area contributed by atoms with Crippen LogP contribution in [0.1, 0.15) is 17.0 Å². The van der Waals surface area contributed by atoms with Gasteiger partial charge in [0.2, 0.25) is 5.82 Å². The number of H-pyrrole nitrogens is 1. The molecule has 2 aromatic carbocycles. The maximum Gasteiger partial charge on any atom is 0.205 e. The topological polar surface area (TPSA) is 63.7 Å². The Morgan fingerprint density at radius 2 is 1.96 bits per heavy atom. The van der Waals surface area contributed by atoms with Gasteiger partial charge in [-0.25, -0.2) is 0 Å². The van der Waals surface area contributed by atoms with Gasteiger partial charge in [-0.1, -0.05) is 30.3 Å². The highest BCUT2D eigenvalue weighted by Gasteiger charge is 2.12. The van der Waals surface area contributed by atoms with Gasteiger partial charge in [-0.3, -0.25) is 0 Å². The number of benzene rings is 2. The summed E-state index contributed by atoms with van der Waals surface area (Å²) in [6.45, 7) is 0. The molecule has 4 aromatic rings. The quantitative estimate of drug-likeness (QED) is 0.612. The Hall–Kier alpha value is -2.99. The standard InChI is InChI=1S/C18H14N4OS/c1-23-14-8-6-12(7-9-14)16(18-19-21-22-20-18)10-13-11-24-17-5-3-2-4-15(13)17/h2-11H,1H3,(H,19,20,21,22)/b16-10-. The molecule has 0 aliphatic heterocycles. The Kier molecular flexibility index (Phi) is 3.80. The lowest BCUT2D eigenvalue weighted by Gasteiger charge is -2.05. The van der Waals surface area contributed by atoms with Crippen molar-refractivity contribution in [3.05, 3.63) is 70.9 Å². The van der Waals surface area contributed by atoms with Gasteiger partial charge in [0.05, 0.1) is 7.11 Å². The Labute approximate surface area is 142 Å². The number of aromatic amines is 1. The highest BCUT2D eigenvalue weighted by molar-refractivity contribution is 7.17. The third-order valence-corrected chi connectivity index (χ3v) is 4.78. The minimum Gasteiger partial charge on any atom is -0.497 e. The van der Waals surface area contributed by atoms with Crippen molar-refractivity contribution in [3.8, 4) is 5.75 Å². The predicted molar refractivity (Wildman–Crippen MR) is 96.0 cm³/mol. The van der Waals surface area contributed by atoms with Gasteiger partial charge in [0, 0.05) is 10.3 Å². The van der Waals surface area contributed by atoms with Gasteiger partial charge in [-0.05, 0) is 51.4 Å². The number of aromatic nitrogens is 4. The summed E-state index contributed by atoms with van der Waals surface area (Å²) in [5.74, 6) is 1.38. The summed E-state index contributed by atoms with van der Waals surface area (Å²) in [5.41, 5.74) is 3.06. The van der Waals surface area contributed by atoms with Gasteiger partial charge >= 0.3 is 0 Å². The van der Waals surface area contributed by atoms with Crippen LogP contribution in [0.15, 0.2) is 53.9 Å². The minimum atomic E-state index is 0.565. The van der Waals surface area contributed by atoms with E-state index in [0.29, 0.717) is 5.82 Å². The largest absolute Gasteiger partial charge is 0.497 e. The SMILES string of the molecule is COc1ccc(/C(=C/c2csc3ccccc23)c2nn[nH]n2)cc1. The first-order valence-corrected chi connectivity index (χ1v) is 8.29. The van der Waals surface area contributed by atoms with E-state index in [9.17, 15) is 0 Å². The van der Waals surface area contributed by atoms with E-state index in [-0.39, 0.29) is 0 Å². The first-order chi connectivity index (χ1) is 11.8. The first kappa shape index (κ1) is 14.6. The summed E-state index contributed by atoms with van der Waals surface area (Å²) >= 11 is 1.73. The summed E-state index contributed by atoms with van der Waals surface area (Å²) in [6, 6.07) is 16.2. The van der Waals surface area contributed by atoms with Crippen LogP contribution in [0.25, 0.3) is 21.7 Å². The van der Waals surface area contributed by atoms with Gasteiger partial charge in [-0.2, -0.15) is 5.21 Å². The molecule has 0 aliphatic carbocycles. The van der Waals surface area contributed by atoms with Crippen LogP contribution in [-0.4, -0.2) is 27.7 Å². The molecule has 0 fully saturated rings. The average Bonchev–Trinajstić information content (AvgIpc) is 3.30. The molecule has 0 atom stereocenters. The van der Waals surface area contributed by atoms with Crippen molar-refractivity contribution in [2.45, 2.75) is 0 Å². The van der Waals surface area contributed by atoms with E-state index in [1.165, 1.54) is 10.1 Å². The maximum absolute atomic E-state index is 5.24. The van der Waals surface area contributed by atoms with Crippen molar-refractivity contribution in [2.24, 2.45) is 0 Å². The molecule has 0 bridgehead atoms. The van der Waals surface area contributed by atoms with Crippen molar-refractivity contribution in [2.75, 3.05) is 7.11 Å². The van der Waals surface area contributed by atoms with Crippen LogP contribution in [0.4, 0.5) is 0 Å². The zero-order valence-corrected chi connectivity index (χ0v) is 13.7. The molecule has 1 N–H and O–H groups in total. The monoisotopic (exact) mass is 334 g/mol. The Balaban J connectivity index is 1.86. The van der Waals surface area contributed by atoms with Crippen molar-refractivity contribution in [1.82, 2.24) is 20.6 Å². The van der Waals surface area contributed by atoms with Gasteiger partial charge in [0.25, 0.3) is 0 Å². The second-order valence-corrected chi connectivity index (χ2v) is 6.12. The molecule has 0 amide bonds. The third kappa shape index (κ3) is 2.68. The molecule has 24 heavy (non-hydrogen) atoms. The second-order valence-electron chi connectivity index (χ2n) is 5.21. The lowest BCUT2D eigenvalue weighted by molar-refractivity contribution is 0.415. The van der Waals surface area contributed by atoms with Gasteiger partial charge in [-0.15, -0.1) is 21.5 Å². The average molecular weight is 334 g/mol. The van der Waals surface area contributed by atoms with E-state index in [1.54, 1.807) is 18.4 Å².